The van der Waals surface area contributed by atoms with Crippen LogP contribution < -0.4 is 10.2 Å². The topological polar surface area (TPSA) is 66.1 Å². The molecular formula is C13H20N3O2+. The molecule has 0 saturated heterocycles. The Morgan fingerprint density at radius 2 is 2.00 bits per heavy atom. The largest absolute Gasteiger partial charge is 0.410 e. The second-order valence-electron chi connectivity index (χ2n) is 4.38. The van der Waals surface area contributed by atoms with Crippen LogP contribution >= 0.6 is 0 Å². The average molecular weight is 250 g/mol. The molecule has 0 heterocycles. The minimum absolute atomic E-state index is 0.0489. The van der Waals surface area contributed by atoms with E-state index in [-0.39, 0.29) is 11.6 Å². The van der Waals surface area contributed by atoms with Gasteiger partial charge in [-0.25, -0.2) is 0 Å². The molecule has 0 atom stereocenters. The Balaban J connectivity index is 2.50. The summed E-state index contributed by atoms with van der Waals surface area (Å²) in [5.41, 5.74) is 0.656. The number of benzene rings is 1. The van der Waals surface area contributed by atoms with Crippen LogP contribution in [-0.2, 0) is 4.79 Å². The van der Waals surface area contributed by atoms with Crippen LogP contribution in [-0.4, -0.2) is 44.0 Å². The number of oxime groups is 1. The summed E-state index contributed by atoms with van der Waals surface area (Å²) in [5, 5.41) is 14.7. The van der Waals surface area contributed by atoms with Gasteiger partial charge >= 0.3 is 0 Å². The predicted octanol–water partition coefficient (Wildman–Crippen LogP) is -0.484. The SMILES string of the molecule is C[NH+](C)CCCNC(=O)C(=NO)c1ccccc1. The van der Waals surface area contributed by atoms with E-state index < -0.39 is 0 Å². The zero-order valence-electron chi connectivity index (χ0n) is 10.8. The summed E-state index contributed by atoms with van der Waals surface area (Å²) in [4.78, 5) is 13.1. The fourth-order valence-corrected chi connectivity index (χ4v) is 1.56. The van der Waals surface area contributed by atoms with Crippen molar-refractivity contribution in [3.8, 4) is 0 Å². The number of hydrogen-bond donors (Lipinski definition) is 3. The molecule has 0 unspecified atom stereocenters. The van der Waals surface area contributed by atoms with Crippen molar-refractivity contribution in [1.82, 2.24) is 5.32 Å². The summed E-state index contributed by atoms with van der Waals surface area (Å²) in [6.45, 7) is 1.56. The predicted molar refractivity (Wildman–Crippen MR) is 70.1 cm³/mol. The van der Waals surface area contributed by atoms with Crippen molar-refractivity contribution in [3.63, 3.8) is 0 Å². The number of carbonyl (C=O) groups excluding carboxylic acids is 1. The van der Waals surface area contributed by atoms with Crippen LogP contribution in [0.5, 0.6) is 0 Å². The van der Waals surface area contributed by atoms with Crippen LogP contribution in [0.3, 0.4) is 0 Å². The van der Waals surface area contributed by atoms with Crippen molar-refractivity contribution < 1.29 is 14.9 Å². The van der Waals surface area contributed by atoms with Gasteiger partial charge in [0.05, 0.1) is 20.6 Å². The maximum absolute atomic E-state index is 11.8. The van der Waals surface area contributed by atoms with Crippen molar-refractivity contribution in [1.29, 1.82) is 0 Å². The highest BCUT2D eigenvalue weighted by Crippen LogP contribution is 2.01. The Morgan fingerprint density at radius 3 is 2.56 bits per heavy atom. The van der Waals surface area contributed by atoms with Crippen LogP contribution in [0.15, 0.2) is 35.5 Å². The molecule has 0 aliphatic carbocycles. The fraction of sp³-hybridized carbons (Fsp3) is 0.385. The molecule has 18 heavy (non-hydrogen) atoms. The van der Waals surface area contributed by atoms with Gasteiger partial charge in [-0.1, -0.05) is 35.5 Å². The van der Waals surface area contributed by atoms with Gasteiger partial charge < -0.3 is 15.4 Å². The van der Waals surface area contributed by atoms with Crippen molar-refractivity contribution in [2.24, 2.45) is 5.16 Å². The van der Waals surface area contributed by atoms with Crippen LogP contribution in [0.1, 0.15) is 12.0 Å². The van der Waals surface area contributed by atoms with E-state index in [1.165, 1.54) is 4.90 Å². The lowest BCUT2D eigenvalue weighted by Gasteiger charge is -2.08. The number of quaternary nitrogens is 1. The molecule has 0 aromatic heterocycles. The van der Waals surface area contributed by atoms with Crippen LogP contribution in [0, 0.1) is 0 Å². The van der Waals surface area contributed by atoms with Crippen molar-refractivity contribution in [3.05, 3.63) is 35.9 Å². The molecule has 1 aromatic rings. The van der Waals surface area contributed by atoms with E-state index >= 15 is 0 Å². The van der Waals surface area contributed by atoms with Gasteiger partial charge in [-0.15, -0.1) is 0 Å². The number of carbonyl (C=O) groups is 1. The van der Waals surface area contributed by atoms with Gasteiger partial charge in [0.1, 0.15) is 0 Å². The van der Waals surface area contributed by atoms with Crippen LogP contribution in [0.4, 0.5) is 0 Å². The van der Waals surface area contributed by atoms with Gasteiger partial charge in [-0.05, 0) is 0 Å². The smallest absolute Gasteiger partial charge is 0.273 e. The average Bonchev–Trinajstić information content (AvgIpc) is 2.36. The fourth-order valence-electron chi connectivity index (χ4n) is 1.56. The minimum atomic E-state index is -0.350. The highest BCUT2D eigenvalue weighted by Gasteiger charge is 2.13. The van der Waals surface area contributed by atoms with E-state index in [4.69, 9.17) is 5.21 Å². The van der Waals surface area contributed by atoms with Gasteiger partial charge in [0, 0.05) is 18.5 Å². The Kier molecular flexibility index (Phi) is 5.87. The molecule has 1 amide bonds. The van der Waals surface area contributed by atoms with Crippen molar-refractivity contribution >= 4 is 11.6 Å². The summed E-state index contributed by atoms with van der Waals surface area (Å²) in [6.07, 6.45) is 0.890. The number of nitrogens with one attached hydrogen (secondary N) is 2. The Morgan fingerprint density at radius 1 is 1.33 bits per heavy atom. The molecule has 0 fully saturated rings. The van der Waals surface area contributed by atoms with Gasteiger partial charge in [0.2, 0.25) is 0 Å². The van der Waals surface area contributed by atoms with E-state index in [0.717, 1.165) is 13.0 Å². The van der Waals surface area contributed by atoms with Gasteiger partial charge in [0.15, 0.2) is 5.71 Å². The summed E-state index contributed by atoms with van der Waals surface area (Å²) in [5.74, 6) is -0.350. The standard InChI is InChI=1S/C13H19N3O2/c1-16(2)10-6-9-14-13(17)12(15-18)11-7-4-3-5-8-11/h3-5,7-8,18H,6,9-10H2,1-2H3,(H,14,17)/p+1. The van der Waals surface area contributed by atoms with Crippen molar-refractivity contribution in [2.75, 3.05) is 27.2 Å². The lowest BCUT2D eigenvalue weighted by Crippen LogP contribution is -3.05. The van der Waals surface area contributed by atoms with Gasteiger partial charge in [0.25, 0.3) is 5.91 Å². The number of rotatable bonds is 6. The molecule has 1 rings (SSSR count). The number of amides is 1. The third kappa shape index (κ3) is 4.55. The number of hydrogen-bond acceptors (Lipinski definition) is 3. The number of nitrogens with zero attached hydrogens (tertiary/aromatic N) is 1. The molecule has 0 saturated carbocycles. The van der Waals surface area contributed by atoms with Gasteiger partial charge in [-0.3, -0.25) is 4.79 Å². The molecule has 5 heteroatoms. The zero-order valence-corrected chi connectivity index (χ0v) is 10.8. The van der Waals surface area contributed by atoms with E-state index in [1.54, 1.807) is 24.3 Å². The normalized spacial score (nSPS) is 11.6. The molecular weight excluding hydrogens is 230 g/mol. The third-order valence-corrected chi connectivity index (χ3v) is 2.50. The molecule has 0 aliphatic rings. The summed E-state index contributed by atoms with van der Waals surface area (Å²) >= 11 is 0. The third-order valence-electron chi connectivity index (χ3n) is 2.50. The molecule has 5 nitrogen and oxygen atoms in total. The van der Waals surface area contributed by atoms with Crippen LogP contribution in [0.2, 0.25) is 0 Å². The lowest BCUT2D eigenvalue weighted by molar-refractivity contribution is -0.858. The maximum Gasteiger partial charge on any atom is 0.273 e. The first-order valence-corrected chi connectivity index (χ1v) is 6.00. The second-order valence-corrected chi connectivity index (χ2v) is 4.38. The molecule has 98 valence electrons. The minimum Gasteiger partial charge on any atom is -0.410 e. The molecule has 0 radical (unpaired) electrons. The Bertz CT molecular complexity index is 402. The molecule has 0 aliphatic heterocycles. The monoisotopic (exact) mass is 250 g/mol. The molecule has 1 aromatic carbocycles. The van der Waals surface area contributed by atoms with E-state index in [9.17, 15) is 4.79 Å². The lowest BCUT2D eigenvalue weighted by atomic mass is 10.1. The maximum atomic E-state index is 11.8. The van der Waals surface area contributed by atoms with E-state index in [0.29, 0.717) is 12.1 Å². The first kappa shape index (κ1) is 14.2. The molecule has 0 bridgehead atoms. The second kappa shape index (κ2) is 7.45. The molecule has 3 N–H and O–H groups in total. The highest BCUT2D eigenvalue weighted by atomic mass is 16.4. The highest BCUT2D eigenvalue weighted by molar-refractivity contribution is 6.45. The first-order valence-electron chi connectivity index (χ1n) is 6.00. The summed E-state index contributed by atoms with van der Waals surface area (Å²) < 4.78 is 0. The first-order chi connectivity index (χ1) is 8.65. The van der Waals surface area contributed by atoms with Crippen molar-refractivity contribution in [2.45, 2.75) is 6.42 Å². The van der Waals surface area contributed by atoms with Crippen LogP contribution in [0.25, 0.3) is 0 Å². The zero-order chi connectivity index (χ0) is 13.4. The van der Waals surface area contributed by atoms with E-state index in [2.05, 4.69) is 24.6 Å². The van der Waals surface area contributed by atoms with E-state index in [1.807, 2.05) is 6.07 Å². The Hall–Kier alpha value is -1.88. The molecule has 0 spiro atoms. The van der Waals surface area contributed by atoms with Gasteiger partial charge in [-0.2, -0.15) is 0 Å². The summed E-state index contributed by atoms with van der Waals surface area (Å²) in [6, 6.07) is 8.90. The Labute approximate surface area is 107 Å². The quantitative estimate of drug-likeness (QED) is 0.276. The summed E-state index contributed by atoms with van der Waals surface area (Å²) in [7, 11) is 4.12.